The van der Waals surface area contributed by atoms with Gasteiger partial charge < -0.3 is 16.2 Å². The fraction of sp³-hybridized carbons (Fsp3) is 0.300. The molecule has 0 spiro atoms. The van der Waals surface area contributed by atoms with Crippen molar-refractivity contribution in [2.24, 2.45) is 5.73 Å². The van der Waals surface area contributed by atoms with Gasteiger partial charge >= 0.3 is 0 Å². The van der Waals surface area contributed by atoms with E-state index in [-0.39, 0.29) is 6.61 Å². The van der Waals surface area contributed by atoms with Crippen LogP contribution in [0.1, 0.15) is 6.92 Å². The Morgan fingerprint density at radius 2 is 1.81 bits per heavy atom. The molecule has 6 heteroatoms. The van der Waals surface area contributed by atoms with Crippen LogP contribution in [0.5, 0.6) is 5.75 Å². The SMILES string of the molecule is CCN.Nc1ccc(OCC=S(=O)=O)cc1. The Hall–Kier alpha value is -1.53. The summed E-state index contributed by atoms with van der Waals surface area (Å²) in [6.45, 7) is 2.69. The molecule has 0 saturated heterocycles. The number of nitrogens with two attached hydrogens (primary N) is 2. The van der Waals surface area contributed by atoms with Crippen LogP contribution in [-0.4, -0.2) is 26.9 Å². The van der Waals surface area contributed by atoms with Crippen molar-refractivity contribution in [2.45, 2.75) is 6.92 Å². The second kappa shape index (κ2) is 8.75. The van der Waals surface area contributed by atoms with Crippen molar-refractivity contribution >= 4 is 21.3 Å². The predicted octanol–water partition coefficient (Wildman–Crippen LogP) is 0.294. The maximum absolute atomic E-state index is 10.1. The van der Waals surface area contributed by atoms with E-state index in [4.69, 9.17) is 16.2 Å². The van der Waals surface area contributed by atoms with Crippen LogP contribution in [0.15, 0.2) is 24.3 Å². The topological polar surface area (TPSA) is 95.4 Å². The number of rotatable bonds is 3. The highest BCUT2D eigenvalue weighted by Gasteiger charge is 1.90. The van der Waals surface area contributed by atoms with Crippen molar-refractivity contribution in [3.05, 3.63) is 24.3 Å². The van der Waals surface area contributed by atoms with Gasteiger partial charge in [-0.3, -0.25) is 0 Å². The third-order valence-electron chi connectivity index (χ3n) is 1.33. The zero-order valence-corrected chi connectivity index (χ0v) is 9.91. The van der Waals surface area contributed by atoms with Crippen molar-refractivity contribution < 1.29 is 13.2 Å². The largest absolute Gasteiger partial charge is 0.488 e. The van der Waals surface area contributed by atoms with Gasteiger partial charge in [-0.15, -0.1) is 0 Å². The quantitative estimate of drug-likeness (QED) is 0.588. The fourth-order valence-electron chi connectivity index (χ4n) is 0.750. The molecule has 16 heavy (non-hydrogen) atoms. The van der Waals surface area contributed by atoms with Gasteiger partial charge in [0.05, 0.1) is 5.37 Å². The van der Waals surface area contributed by atoms with Crippen LogP contribution in [-0.2, 0) is 10.3 Å². The molecule has 5 nitrogen and oxygen atoms in total. The first-order valence-electron chi connectivity index (χ1n) is 4.70. The minimum atomic E-state index is -2.17. The number of hydrogen-bond acceptors (Lipinski definition) is 5. The van der Waals surface area contributed by atoms with E-state index in [1.807, 2.05) is 6.92 Å². The smallest absolute Gasteiger partial charge is 0.213 e. The van der Waals surface area contributed by atoms with E-state index < -0.39 is 10.3 Å². The summed E-state index contributed by atoms with van der Waals surface area (Å²) in [6, 6.07) is 6.72. The molecule has 0 bridgehead atoms. The average molecular weight is 244 g/mol. The maximum Gasteiger partial charge on any atom is 0.213 e. The lowest BCUT2D eigenvalue weighted by Gasteiger charge is -2.01. The normalized spacial score (nSPS) is 8.62. The van der Waals surface area contributed by atoms with Gasteiger partial charge in [-0.1, -0.05) is 6.92 Å². The van der Waals surface area contributed by atoms with Crippen LogP contribution >= 0.6 is 0 Å². The monoisotopic (exact) mass is 244 g/mol. The molecule has 0 aromatic heterocycles. The van der Waals surface area contributed by atoms with Crippen LogP contribution in [0.25, 0.3) is 0 Å². The predicted molar refractivity (Wildman–Crippen MR) is 66.1 cm³/mol. The lowest BCUT2D eigenvalue weighted by atomic mass is 10.3. The molecule has 1 aromatic rings. The molecule has 0 unspecified atom stereocenters. The van der Waals surface area contributed by atoms with Crippen molar-refractivity contribution in [3.63, 3.8) is 0 Å². The molecule has 0 radical (unpaired) electrons. The van der Waals surface area contributed by atoms with E-state index in [1.54, 1.807) is 24.3 Å². The molecule has 1 rings (SSSR count). The molecule has 90 valence electrons. The molecule has 1 aromatic carbocycles. The number of ether oxygens (including phenoxy) is 1. The van der Waals surface area contributed by atoms with Crippen LogP contribution < -0.4 is 16.2 Å². The van der Waals surface area contributed by atoms with Crippen LogP contribution in [0.2, 0.25) is 0 Å². The minimum absolute atomic E-state index is 0.0417. The summed E-state index contributed by atoms with van der Waals surface area (Å²) in [7, 11) is -2.17. The average Bonchev–Trinajstić information content (AvgIpc) is 2.22. The third kappa shape index (κ3) is 7.84. The van der Waals surface area contributed by atoms with Gasteiger partial charge in [-0.2, -0.15) is 8.42 Å². The molecule has 0 amide bonds. The minimum Gasteiger partial charge on any atom is -0.488 e. The van der Waals surface area contributed by atoms with Gasteiger partial charge in [-0.05, 0) is 30.8 Å². The van der Waals surface area contributed by atoms with Crippen molar-refractivity contribution in [3.8, 4) is 5.75 Å². The van der Waals surface area contributed by atoms with Gasteiger partial charge in [0.15, 0.2) is 0 Å². The van der Waals surface area contributed by atoms with Gasteiger partial charge in [0, 0.05) is 5.69 Å². The van der Waals surface area contributed by atoms with Gasteiger partial charge in [-0.25, -0.2) is 0 Å². The first kappa shape index (κ1) is 14.5. The van der Waals surface area contributed by atoms with Crippen molar-refractivity contribution in [1.82, 2.24) is 0 Å². The number of nitrogen functional groups attached to an aromatic ring is 1. The third-order valence-corrected chi connectivity index (χ3v) is 1.74. The number of hydrogen-bond donors (Lipinski definition) is 2. The Bertz CT molecular complexity index is 404. The summed E-state index contributed by atoms with van der Waals surface area (Å²) in [5.41, 5.74) is 10.9. The fourth-order valence-corrected chi connectivity index (χ4v) is 0.929. The Balaban J connectivity index is 0.000000673. The molecule has 0 aliphatic heterocycles. The second-order valence-corrected chi connectivity index (χ2v) is 3.57. The summed E-state index contributed by atoms with van der Waals surface area (Å²) in [5, 5.41) is 1.04. The lowest BCUT2D eigenvalue weighted by Crippen LogP contribution is -1.98. The second-order valence-electron chi connectivity index (χ2n) is 2.72. The van der Waals surface area contributed by atoms with E-state index in [9.17, 15) is 8.42 Å². The van der Waals surface area contributed by atoms with Crippen molar-refractivity contribution in [2.75, 3.05) is 18.9 Å². The molecular formula is C10H16N2O3S. The maximum atomic E-state index is 10.1. The highest BCUT2D eigenvalue weighted by Crippen LogP contribution is 2.12. The van der Waals surface area contributed by atoms with Crippen LogP contribution in [0.3, 0.4) is 0 Å². The zero-order valence-electron chi connectivity index (χ0n) is 9.09. The summed E-state index contributed by atoms with van der Waals surface area (Å²) >= 11 is 0. The summed E-state index contributed by atoms with van der Waals surface area (Å²) in [6.07, 6.45) is 0. The number of benzene rings is 1. The van der Waals surface area contributed by atoms with E-state index in [0.717, 1.165) is 11.9 Å². The first-order chi connectivity index (χ1) is 7.60. The molecule has 0 heterocycles. The van der Waals surface area contributed by atoms with Gasteiger partial charge in [0.1, 0.15) is 12.4 Å². The van der Waals surface area contributed by atoms with E-state index in [0.29, 0.717) is 11.4 Å². The summed E-state index contributed by atoms with van der Waals surface area (Å²) in [5.74, 6) is 0.593. The summed E-state index contributed by atoms with van der Waals surface area (Å²) < 4.78 is 25.2. The highest BCUT2D eigenvalue weighted by molar-refractivity contribution is 7.71. The molecule has 0 saturated carbocycles. The molecular weight excluding hydrogens is 228 g/mol. The highest BCUT2D eigenvalue weighted by atomic mass is 32.2. The number of anilines is 1. The van der Waals surface area contributed by atoms with E-state index >= 15 is 0 Å². The lowest BCUT2D eigenvalue weighted by molar-refractivity contribution is 0.382. The molecule has 0 atom stereocenters. The Morgan fingerprint density at radius 3 is 2.25 bits per heavy atom. The molecule has 4 N–H and O–H groups in total. The molecule has 0 aliphatic rings. The van der Waals surface area contributed by atoms with Gasteiger partial charge in [0.2, 0.25) is 10.3 Å². The first-order valence-corrected chi connectivity index (χ1v) is 5.83. The van der Waals surface area contributed by atoms with E-state index in [1.165, 1.54) is 0 Å². The van der Waals surface area contributed by atoms with Crippen molar-refractivity contribution in [1.29, 1.82) is 0 Å². The van der Waals surface area contributed by atoms with E-state index in [2.05, 4.69) is 0 Å². The van der Waals surface area contributed by atoms with Crippen LogP contribution in [0.4, 0.5) is 5.69 Å². The molecule has 0 aliphatic carbocycles. The standard InChI is InChI=1S/C8H9NO3S.C2H7N/c9-7-1-3-8(4-2-7)12-5-6-13(10)11;1-2-3/h1-4,6H,5,9H2;2-3H2,1H3. The Kier molecular flexibility index (Phi) is 7.92. The summed E-state index contributed by atoms with van der Waals surface area (Å²) in [4.78, 5) is 0. The Morgan fingerprint density at radius 1 is 1.31 bits per heavy atom. The molecule has 0 fully saturated rings. The Labute approximate surface area is 96.6 Å². The van der Waals surface area contributed by atoms with Gasteiger partial charge in [0.25, 0.3) is 0 Å². The zero-order chi connectivity index (χ0) is 12.4. The van der Waals surface area contributed by atoms with Crippen LogP contribution in [0, 0.1) is 0 Å².